The lowest BCUT2D eigenvalue weighted by Gasteiger charge is -2.09. The molecule has 0 heterocycles. The number of rotatable bonds is 6. The molecule has 1 rings (SSSR count). The maximum absolute atomic E-state index is 11.9. The summed E-state index contributed by atoms with van der Waals surface area (Å²) in [6.45, 7) is -0.476. The zero-order valence-electron chi connectivity index (χ0n) is 9.69. The van der Waals surface area contributed by atoms with E-state index < -0.39 is 18.7 Å². The third-order valence-corrected chi connectivity index (χ3v) is 2.23. The van der Waals surface area contributed by atoms with Crippen molar-refractivity contribution in [2.24, 2.45) is 5.73 Å². The predicted molar refractivity (Wildman–Crippen MR) is 61.6 cm³/mol. The molecule has 4 nitrogen and oxygen atoms in total. The highest BCUT2D eigenvalue weighted by Crippen LogP contribution is 2.13. The molecular formula is C12H16FNO3. The lowest BCUT2D eigenvalue weighted by molar-refractivity contribution is -0.142. The second-order valence-corrected chi connectivity index (χ2v) is 3.52. The molecule has 0 aliphatic rings. The van der Waals surface area contributed by atoms with E-state index in [2.05, 4.69) is 4.74 Å². The van der Waals surface area contributed by atoms with Crippen LogP contribution in [0.15, 0.2) is 24.3 Å². The smallest absolute Gasteiger partial charge is 0.322 e. The third-order valence-electron chi connectivity index (χ3n) is 2.23. The molecule has 0 aliphatic carbocycles. The largest absolute Gasteiger partial charge is 0.491 e. The van der Waals surface area contributed by atoms with Gasteiger partial charge in [-0.2, -0.15) is 0 Å². The number of carbonyl (C=O) groups is 1. The lowest BCUT2D eigenvalue weighted by atomic mass is 10.1. The predicted octanol–water partition coefficient (Wildman–Crippen LogP) is 1.08. The van der Waals surface area contributed by atoms with Crippen LogP contribution in [0.25, 0.3) is 0 Å². The van der Waals surface area contributed by atoms with Crippen molar-refractivity contribution in [2.45, 2.75) is 12.5 Å². The van der Waals surface area contributed by atoms with Crippen molar-refractivity contribution in [3.05, 3.63) is 29.8 Å². The Labute approximate surface area is 99.5 Å². The van der Waals surface area contributed by atoms with Gasteiger partial charge in [0, 0.05) is 0 Å². The normalized spacial score (nSPS) is 11.9. The van der Waals surface area contributed by atoms with Gasteiger partial charge in [-0.15, -0.1) is 0 Å². The highest BCUT2D eigenvalue weighted by molar-refractivity contribution is 5.75. The number of esters is 1. The minimum atomic E-state index is -0.669. The molecule has 0 bridgehead atoms. The van der Waals surface area contributed by atoms with E-state index in [1.165, 1.54) is 7.11 Å². The Morgan fingerprint density at radius 2 is 2.06 bits per heavy atom. The van der Waals surface area contributed by atoms with Gasteiger partial charge in [-0.05, 0) is 24.1 Å². The zero-order valence-corrected chi connectivity index (χ0v) is 9.69. The molecule has 1 aromatic carbocycles. The van der Waals surface area contributed by atoms with Crippen LogP contribution in [0, 0.1) is 0 Å². The fraction of sp³-hybridized carbons (Fsp3) is 0.417. The van der Waals surface area contributed by atoms with E-state index in [4.69, 9.17) is 10.5 Å². The molecule has 0 radical (unpaired) electrons. The molecule has 0 amide bonds. The van der Waals surface area contributed by atoms with Crippen LogP contribution in [0.3, 0.4) is 0 Å². The molecule has 2 N–H and O–H groups in total. The van der Waals surface area contributed by atoms with Crippen LogP contribution in [-0.2, 0) is 16.0 Å². The number of nitrogens with two attached hydrogens (primary N) is 1. The number of benzene rings is 1. The Bertz CT molecular complexity index is 353. The van der Waals surface area contributed by atoms with E-state index in [0.29, 0.717) is 12.2 Å². The van der Waals surface area contributed by atoms with Gasteiger partial charge in [0.1, 0.15) is 25.1 Å². The Morgan fingerprint density at radius 1 is 1.41 bits per heavy atom. The number of hydrogen-bond acceptors (Lipinski definition) is 4. The number of halogens is 1. The monoisotopic (exact) mass is 241 g/mol. The maximum Gasteiger partial charge on any atom is 0.322 e. The van der Waals surface area contributed by atoms with Crippen LogP contribution in [0.1, 0.15) is 5.56 Å². The van der Waals surface area contributed by atoms with Crippen LogP contribution in [0.4, 0.5) is 4.39 Å². The van der Waals surface area contributed by atoms with E-state index in [1.54, 1.807) is 24.3 Å². The highest BCUT2D eigenvalue weighted by atomic mass is 19.1. The van der Waals surface area contributed by atoms with Gasteiger partial charge in [0.25, 0.3) is 0 Å². The number of alkyl halides is 1. The van der Waals surface area contributed by atoms with E-state index in [0.717, 1.165) is 5.56 Å². The molecule has 0 saturated heterocycles. The summed E-state index contributed by atoms with van der Waals surface area (Å²) < 4.78 is 21.5. The highest BCUT2D eigenvalue weighted by Gasteiger charge is 2.13. The molecule has 0 saturated carbocycles. The number of ether oxygens (including phenoxy) is 2. The van der Waals surface area contributed by atoms with E-state index >= 15 is 0 Å². The number of methoxy groups -OCH3 is 1. The van der Waals surface area contributed by atoms with Crippen molar-refractivity contribution >= 4 is 5.97 Å². The summed E-state index contributed by atoms with van der Waals surface area (Å²) in [5.41, 5.74) is 6.52. The molecule has 17 heavy (non-hydrogen) atoms. The first-order chi connectivity index (χ1) is 8.17. The van der Waals surface area contributed by atoms with Crippen molar-refractivity contribution < 1.29 is 18.7 Å². The SMILES string of the molecule is COC(=O)[C@@H](N)Cc1ccc(OCCF)cc1. The molecule has 1 aromatic rings. The first-order valence-electron chi connectivity index (χ1n) is 5.28. The quantitative estimate of drug-likeness (QED) is 0.757. The molecule has 0 unspecified atom stereocenters. The average molecular weight is 241 g/mol. The Kier molecular flexibility index (Phi) is 5.42. The lowest BCUT2D eigenvalue weighted by Crippen LogP contribution is -2.33. The first-order valence-corrected chi connectivity index (χ1v) is 5.28. The second kappa shape index (κ2) is 6.85. The molecule has 0 aliphatic heterocycles. The summed E-state index contributed by atoms with van der Waals surface area (Å²) in [6, 6.07) is 6.34. The van der Waals surface area contributed by atoms with Gasteiger partial charge in [0.15, 0.2) is 0 Å². The summed E-state index contributed by atoms with van der Waals surface area (Å²) >= 11 is 0. The number of carbonyl (C=O) groups excluding carboxylic acids is 1. The summed E-state index contributed by atoms with van der Waals surface area (Å²) in [4.78, 5) is 11.1. The summed E-state index contributed by atoms with van der Waals surface area (Å²) in [5.74, 6) is 0.154. The maximum atomic E-state index is 11.9. The number of hydrogen-bond donors (Lipinski definition) is 1. The summed E-state index contributed by atoms with van der Waals surface area (Å²) in [5, 5.41) is 0. The summed E-state index contributed by atoms with van der Waals surface area (Å²) in [7, 11) is 1.30. The van der Waals surface area contributed by atoms with Gasteiger partial charge in [0.05, 0.1) is 7.11 Å². The van der Waals surface area contributed by atoms with Gasteiger partial charge in [-0.1, -0.05) is 12.1 Å². The van der Waals surface area contributed by atoms with E-state index in [1.807, 2.05) is 0 Å². The average Bonchev–Trinajstić information content (AvgIpc) is 2.37. The van der Waals surface area contributed by atoms with Gasteiger partial charge < -0.3 is 15.2 Å². The zero-order chi connectivity index (χ0) is 12.7. The Balaban J connectivity index is 2.53. The fourth-order valence-corrected chi connectivity index (χ4v) is 1.37. The standard InChI is InChI=1S/C12H16FNO3/c1-16-12(15)11(14)8-9-2-4-10(5-3-9)17-7-6-13/h2-5,11H,6-8,14H2,1H3/t11-/m0/s1. The summed E-state index contributed by atoms with van der Waals surface area (Å²) in [6.07, 6.45) is 0.399. The van der Waals surface area contributed by atoms with Gasteiger partial charge >= 0.3 is 5.97 Å². The van der Waals surface area contributed by atoms with E-state index in [9.17, 15) is 9.18 Å². The van der Waals surface area contributed by atoms with Crippen molar-refractivity contribution in [3.63, 3.8) is 0 Å². The van der Waals surface area contributed by atoms with Crippen LogP contribution in [-0.4, -0.2) is 32.4 Å². The molecule has 94 valence electrons. The molecule has 0 spiro atoms. The second-order valence-electron chi connectivity index (χ2n) is 3.52. The van der Waals surface area contributed by atoms with Crippen LogP contribution < -0.4 is 10.5 Å². The van der Waals surface area contributed by atoms with Crippen LogP contribution in [0.2, 0.25) is 0 Å². The van der Waals surface area contributed by atoms with Crippen LogP contribution in [0.5, 0.6) is 5.75 Å². The van der Waals surface area contributed by atoms with Crippen molar-refractivity contribution in [1.82, 2.24) is 0 Å². The first kappa shape index (κ1) is 13.4. The molecular weight excluding hydrogens is 225 g/mol. The molecule has 0 fully saturated rings. The molecule has 0 aromatic heterocycles. The minimum absolute atomic E-state index is 0.0427. The van der Waals surface area contributed by atoms with E-state index in [-0.39, 0.29) is 6.61 Å². The van der Waals surface area contributed by atoms with Crippen molar-refractivity contribution in [1.29, 1.82) is 0 Å². The minimum Gasteiger partial charge on any atom is -0.491 e. The van der Waals surface area contributed by atoms with Gasteiger partial charge in [-0.3, -0.25) is 4.79 Å². The Morgan fingerprint density at radius 3 is 2.59 bits per heavy atom. The Hall–Kier alpha value is -1.62. The molecule has 1 atom stereocenters. The van der Waals surface area contributed by atoms with Crippen LogP contribution >= 0.6 is 0 Å². The van der Waals surface area contributed by atoms with Crippen molar-refractivity contribution in [2.75, 3.05) is 20.4 Å². The molecule has 5 heteroatoms. The topological polar surface area (TPSA) is 61.5 Å². The fourth-order valence-electron chi connectivity index (χ4n) is 1.37. The van der Waals surface area contributed by atoms with Crippen molar-refractivity contribution in [3.8, 4) is 5.75 Å². The third kappa shape index (κ3) is 4.40. The van der Waals surface area contributed by atoms with Gasteiger partial charge in [0.2, 0.25) is 0 Å². The van der Waals surface area contributed by atoms with Gasteiger partial charge in [-0.25, -0.2) is 4.39 Å².